The number of allylic oxidation sites excluding steroid dienone is 1. The molecule has 7 heteroatoms. The number of fused-ring (bicyclic) bond motifs is 4. The van der Waals surface area contributed by atoms with E-state index in [4.69, 9.17) is 9.47 Å². The van der Waals surface area contributed by atoms with Gasteiger partial charge in [0.05, 0.1) is 29.3 Å². The maximum atomic E-state index is 13.3. The number of aliphatic hydroxyl groups is 3. The van der Waals surface area contributed by atoms with Crippen LogP contribution >= 0.6 is 0 Å². The Morgan fingerprint density at radius 1 is 1.17 bits per heavy atom. The molecule has 0 aromatic carbocycles. The minimum absolute atomic E-state index is 0.0568. The lowest BCUT2D eigenvalue weighted by atomic mass is 9.44. The van der Waals surface area contributed by atoms with E-state index in [1.54, 1.807) is 12.2 Å². The van der Waals surface area contributed by atoms with E-state index in [1.807, 2.05) is 20.8 Å². The van der Waals surface area contributed by atoms with E-state index in [0.29, 0.717) is 18.4 Å². The van der Waals surface area contributed by atoms with Gasteiger partial charge in [-0.2, -0.15) is 0 Å². The minimum Gasteiger partial charge on any atom is -0.458 e. The van der Waals surface area contributed by atoms with E-state index in [-0.39, 0.29) is 47.6 Å². The quantitative estimate of drug-likeness (QED) is 0.414. The van der Waals surface area contributed by atoms with Crippen molar-refractivity contribution in [3.8, 4) is 0 Å². The van der Waals surface area contributed by atoms with Crippen LogP contribution in [-0.4, -0.2) is 63.2 Å². The van der Waals surface area contributed by atoms with Crippen LogP contribution in [0.4, 0.5) is 0 Å². The molecule has 6 aliphatic rings. The van der Waals surface area contributed by atoms with Crippen LogP contribution in [0.3, 0.4) is 0 Å². The highest BCUT2D eigenvalue weighted by Gasteiger charge is 2.81. The fourth-order valence-corrected chi connectivity index (χ4v) is 9.62. The van der Waals surface area contributed by atoms with Crippen LogP contribution in [0.5, 0.6) is 0 Å². The lowest BCUT2D eigenvalue weighted by molar-refractivity contribution is -0.188. The molecule has 0 amide bonds. The second kappa shape index (κ2) is 7.27. The Morgan fingerprint density at radius 2 is 1.89 bits per heavy atom. The summed E-state index contributed by atoms with van der Waals surface area (Å²) in [7, 11) is 0. The van der Waals surface area contributed by atoms with Gasteiger partial charge in [0.1, 0.15) is 17.8 Å². The zero-order valence-corrected chi connectivity index (χ0v) is 21.1. The SMILES string of the molecule is CC1=C(CO)C(=O)O[C@@H]([C@@H](C)[C@@]2(O)CC[C@H]3[C@@H]4C[C@H]5O[C@]56[C@@H](O)C=CC(=O)[C@]6(C)[C@H]4CC[C@@]32C)C1. The number of hydrogen-bond acceptors (Lipinski definition) is 7. The molecule has 7 nitrogen and oxygen atoms in total. The molecule has 0 aromatic heterocycles. The lowest BCUT2D eigenvalue weighted by Gasteiger charge is -2.59. The third-order valence-corrected chi connectivity index (χ3v) is 11.8. The molecule has 4 aliphatic carbocycles. The van der Waals surface area contributed by atoms with Crippen molar-refractivity contribution in [2.45, 2.75) is 95.7 Å². The number of carbonyl (C=O) groups excluding carboxylic acids is 2. The maximum absolute atomic E-state index is 13.3. The van der Waals surface area contributed by atoms with Gasteiger partial charge in [0, 0.05) is 12.3 Å². The molecule has 2 aliphatic heterocycles. The highest BCUT2D eigenvalue weighted by atomic mass is 16.6. The van der Waals surface area contributed by atoms with E-state index in [0.717, 1.165) is 31.3 Å². The Hall–Kier alpha value is -1.54. The first-order valence-electron chi connectivity index (χ1n) is 13.3. The van der Waals surface area contributed by atoms with Crippen molar-refractivity contribution < 1.29 is 34.4 Å². The van der Waals surface area contributed by atoms with Crippen LogP contribution in [0.2, 0.25) is 0 Å². The Morgan fingerprint density at radius 3 is 2.57 bits per heavy atom. The average molecular weight is 487 g/mol. The van der Waals surface area contributed by atoms with Crippen LogP contribution in [0.25, 0.3) is 0 Å². The molecule has 1 spiro atoms. The van der Waals surface area contributed by atoms with Crippen molar-refractivity contribution in [1.82, 2.24) is 0 Å². The number of ether oxygens (including phenoxy) is 2. The summed E-state index contributed by atoms with van der Waals surface area (Å²) in [6.45, 7) is 7.72. The standard InChI is InChI=1S/C28H38O7/c1-14-11-20(34-24(32)17(14)13-29)15(2)27(33)10-8-18-16-12-23-28(35-23)22(31)6-5-21(30)26(28,4)19(16)7-9-25(18,27)3/h5-6,15-16,18-20,22-23,29,31,33H,7-13H2,1-4H3/t15-,16+,18+,19+,20-,22+,23-,25+,26+,27+,28-/m1/s1. The van der Waals surface area contributed by atoms with Crippen molar-refractivity contribution in [2.24, 2.45) is 34.5 Å². The van der Waals surface area contributed by atoms with E-state index in [9.17, 15) is 24.9 Å². The second-order valence-corrected chi connectivity index (χ2v) is 12.7. The van der Waals surface area contributed by atoms with Crippen molar-refractivity contribution in [3.63, 3.8) is 0 Å². The Bertz CT molecular complexity index is 1050. The molecule has 192 valence electrons. The maximum Gasteiger partial charge on any atom is 0.336 e. The van der Waals surface area contributed by atoms with Gasteiger partial charge in [-0.3, -0.25) is 4.79 Å². The van der Waals surface area contributed by atoms with Gasteiger partial charge in [-0.15, -0.1) is 0 Å². The van der Waals surface area contributed by atoms with Gasteiger partial charge in [0.15, 0.2) is 5.78 Å². The number of aliphatic hydroxyl groups excluding tert-OH is 2. The molecule has 35 heavy (non-hydrogen) atoms. The molecule has 0 aromatic rings. The van der Waals surface area contributed by atoms with Crippen LogP contribution in [0.15, 0.2) is 23.3 Å². The fraction of sp³-hybridized carbons (Fsp3) is 0.786. The number of hydrogen-bond donors (Lipinski definition) is 3. The van der Waals surface area contributed by atoms with Crippen molar-refractivity contribution in [1.29, 1.82) is 0 Å². The van der Waals surface area contributed by atoms with Gasteiger partial charge >= 0.3 is 5.97 Å². The number of cyclic esters (lactones) is 1. The third-order valence-electron chi connectivity index (χ3n) is 11.8. The molecule has 0 radical (unpaired) electrons. The summed E-state index contributed by atoms with van der Waals surface area (Å²) in [5.41, 5.74) is -1.75. The van der Waals surface area contributed by atoms with Crippen LogP contribution in [0, 0.1) is 34.5 Å². The molecule has 2 heterocycles. The minimum atomic E-state index is -1.000. The predicted molar refractivity (Wildman–Crippen MR) is 126 cm³/mol. The molecule has 4 fully saturated rings. The largest absolute Gasteiger partial charge is 0.458 e. The number of carbonyl (C=O) groups is 2. The number of ketones is 1. The Kier molecular flexibility index (Phi) is 4.95. The monoisotopic (exact) mass is 486 g/mol. The zero-order valence-electron chi connectivity index (χ0n) is 21.1. The predicted octanol–water partition coefficient (Wildman–Crippen LogP) is 2.47. The highest BCUT2D eigenvalue weighted by Crippen LogP contribution is 2.73. The van der Waals surface area contributed by atoms with Crippen LogP contribution in [-0.2, 0) is 19.1 Å². The number of rotatable bonds is 3. The smallest absolute Gasteiger partial charge is 0.336 e. The van der Waals surface area contributed by atoms with Crippen molar-refractivity contribution in [3.05, 3.63) is 23.3 Å². The first kappa shape index (κ1) is 23.8. The summed E-state index contributed by atoms with van der Waals surface area (Å²) in [5.74, 6) is -0.114. The van der Waals surface area contributed by atoms with Crippen molar-refractivity contribution in [2.75, 3.05) is 6.61 Å². The van der Waals surface area contributed by atoms with Crippen LogP contribution in [0.1, 0.15) is 66.2 Å². The van der Waals surface area contributed by atoms with E-state index >= 15 is 0 Å². The van der Waals surface area contributed by atoms with Crippen LogP contribution < -0.4 is 0 Å². The van der Waals surface area contributed by atoms with E-state index < -0.39 is 34.8 Å². The zero-order chi connectivity index (χ0) is 25.1. The third kappa shape index (κ3) is 2.66. The van der Waals surface area contributed by atoms with Gasteiger partial charge in [0.25, 0.3) is 0 Å². The normalized spacial score (nSPS) is 53.3. The number of esters is 1. The molecule has 1 saturated heterocycles. The Balaban J connectivity index is 1.31. The molecular formula is C28H38O7. The highest BCUT2D eigenvalue weighted by molar-refractivity contribution is 5.98. The molecule has 11 atom stereocenters. The summed E-state index contributed by atoms with van der Waals surface area (Å²) < 4.78 is 11.9. The molecule has 0 unspecified atom stereocenters. The molecule has 6 rings (SSSR count). The molecular weight excluding hydrogens is 448 g/mol. The lowest BCUT2D eigenvalue weighted by Crippen LogP contribution is -2.65. The topological polar surface area (TPSA) is 117 Å². The van der Waals surface area contributed by atoms with Gasteiger partial charge in [-0.05, 0) is 81.3 Å². The van der Waals surface area contributed by atoms with Gasteiger partial charge in [0.2, 0.25) is 0 Å². The summed E-state index contributed by atoms with van der Waals surface area (Å²) >= 11 is 0. The number of epoxide rings is 1. The van der Waals surface area contributed by atoms with Crippen molar-refractivity contribution >= 4 is 11.8 Å². The Labute approximate surface area is 206 Å². The average Bonchev–Trinajstić information content (AvgIpc) is 3.49. The fourth-order valence-electron chi connectivity index (χ4n) is 9.62. The second-order valence-electron chi connectivity index (χ2n) is 12.7. The summed E-state index contributed by atoms with van der Waals surface area (Å²) in [6, 6.07) is 0. The van der Waals surface area contributed by atoms with E-state index in [1.165, 1.54) is 0 Å². The van der Waals surface area contributed by atoms with E-state index in [2.05, 4.69) is 6.92 Å². The molecule has 3 saturated carbocycles. The summed E-state index contributed by atoms with van der Waals surface area (Å²) in [6.07, 6.45) is 6.22. The first-order chi connectivity index (χ1) is 16.5. The summed E-state index contributed by atoms with van der Waals surface area (Å²) in [5, 5.41) is 32.7. The molecule has 3 N–H and O–H groups in total. The summed E-state index contributed by atoms with van der Waals surface area (Å²) in [4.78, 5) is 25.8. The van der Waals surface area contributed by atoms with Gasteiger partial charge in [-0.25, -0.2) is 4.79 Å². The first-order valence-corrected chi connectivity index (χ1v) is 13.3. The molecule has 0 bridgehead atoms. The van der Waals surface area contributed by atoms with Gasteiger partial charge < -0.3 is 24.8 Å². The van der Waals surface area contributed by atoms with Gasteiger partial charge in [-0.1, -0.05) is 19.4 Å².